The van der Waals surface area contributed by atoms with Gasteiger partial charge in [-0.1, -0.05) is 11.6 Å². The summed E-state index contributed by atoms with van der Waals surface area (Å²) in [6.45, 7) is 0.181. The van der Waals surface area contributed by atoms with Crippen LogP contribution in [0.5, 0.6) is 0 Å². The lowest BCUT2D eigenvalue weighted by Crippen LogP contribution is -2.32. The number of nitriles is 1. The zero-order chi connectivity index (χ0) is 16.0. The van der Waals surface area contributed by atoms with Crippen molar-refractivity contribution >= 4 is 28.9 Å². The van der Waals surface area contributed by atoms with Gasteiger partial charge in [-0.2, -0.15) is 5.26 Å². The Morgan fingerprint density at radius 1 is 1.62 bits per heavy atom. The van der Waals surface area contributed by atoms with Crippen molar-refractivity contribution in [3.63, 3.8) is 0 Å². The molecule has 1 amide bonds. The van der Waals surface area contributed by atoms with E-state index in [-0.39, 0.29) is 29.4 Å². The molecule has 9 heteroatoms. The largest absolute Gasteiger partial charge is 0.395 e. The second-order valence-corrected chi connectivity index (χ2v) is 4.61. The molecular weight excluding hydrogens is 300 g/mol. The highest BCUT2D eigenvalue weighted by molar-refractivity contribution is 6.35. The molecule has 0 radical (unpaired) electrons. The van der Waals surface area contributed by atoms with Gasteiger partial charge >= 0.3 is 0 Å². The SMILES string of the molecule is CN(CCO)CC(=O)Nc1cc(C#N)cc([N+](=O)[O-])c1Cl. The lowest BCUT2D eigenvalue weighted by Gasteiger charge is -2.15. The number of rotatable bonds is 6. The zero-order valence-corrected chi connectivity index (χ0v) is 11.9. The number of halogens is 1. The minimum absolute atomic E-state index is 0.00446. The van der Waals surface area contributed by atoms with Crippen LogP contribution in [-0.4, -0.2) is 47.6 Å². The highest BCUT2D eigenvalue weighted by Gasteiger charge is 2.19. The fourth-order valence-corrected chi connectivity index (χ4v) is 1.81. The van der Waals surface area contributed by atoms with E-state index in [9.17, 15) is 14.9 Å². The molecule has 112 valence electrons. The Labute approximate surface area is 125 Å². The van der Waals surface area contributed by atoms with E-state index < -0.39 is 16.5 Å². The van der Waals surface area contributed by atoms with Crippen LogP contribution < -0.4 is 5.32 Å². The fraction of sp³-hybridized carbons (Fsp3) is 0.333. The number of carbonyl (C=O) groups is 1. The van der Waals surface area contributed by atoms with Crippen molar-refractivity contribution in [3.05, 3.63) is 32.8 Å². The first kappa shape index (κ1) is 16.8. The Morgan fingerprint density at radius 2 is 2.29 bits per heavy atom. The number of hydrogen-bond donors (Lipinski definition) is 2. The van der Waals surface area contributed by atoms with Gasteiger partial charge in [-0.05, 0) is 13.1 Å². The Balaban J connectivity index is 2.98. The van der Waals surface area contributed by atoms with Gasteiger partial charge in [0.15, 0.2) is 0 Å². The third-order valence-corrected chi connectivity index (χ3v) is 2.95. The molecule has 8 nitrogen and oxygen atoms in total. The van der Waals surface area contributed by atoms with Gasteiger partial charge in [-0.25, -0.2) is 0 Å². The van der Waals surface area contributed by atoms with Crippen molar-refractivity contribution in [3.8, 4) is 6.07 Å². The second-order valence-electron chi connectivity index (χ2n) is 4.24. The number of nitro groups is 1. The van der Waals surface area contributed by atoms with E-state index in [0.29, 0.717) is 6.54 Å². The number of likely N-dealkylation sites (N-methyl/N-ethyl adjacent to an activating group) is 1. The van der Waals surface area contributed by atoms with E-state index in [1.54, 1.807) is 18.0 Å². The smallest absolute Gasteiger partial charge is 0.291 e. The fourth-order valence-electron chi connectivity index (χ4n) is 1.58. The highest BCUT2D eigenvalue weighted by atomic mass is 35.5. The average Bonchev–Trinajstić information content (AvgIpc) is 2.40. The maximum absolute atomic E-state index is 11.8. The summed E-state index contributed by atoms with van der Waals surface area (Å²) >= 11 is 5.86. The van der Waals surface area contributed by atoms with Gasteiger partial charge in [0.25, 0.3) is 5.69 Å². The van der Waals surface area contributed by atoms with Crippen LogP contribution in [0.4, 0.5) is 11.4 Å². The third-order valence-electron chi connectivity index (χ3n) is 2.55. The van der Waals surface area contributed by atoms with Crippen LogP contribution in [0.2, 0.25) is 5.02 Å². The summed E-state index contributed by atoms with van der Waals surface area (Å²) in [4.78, 5) is 23.5. The molecule has 0 fully saturated rings. The first-order valence-electron chi connectivity index (χ1n) is 5.86. The summed E-state index contributed by atoms with van der Waals surface area (Å²) < 4.78 is 0. The molecule has 1 aromatic carbocycles. The minimum atomic E-state index is -0.725. The summed E-state index contributed by atoms with van der Waals surface area (Å²) in [5, 5.41) is 30.6. The number of carbonyl (C=O) groups excluding carboxylic acids is 1. The lowest BCUT2D eigenvalue weighted by molar-refractivity contribution is -0.384. The average molecular weight is 313 g/mol. The monoisotopic (exact) mass is 312 g/mol. The van der Waals surface area contributed by atoms with E-state index in [1.807, 2.05) is 0 Å². The molecule has 0 saturated heterocycles. The molecule has 0 spiro atoms. The maximum Gasteiger partial charge on any atom is 0.291 e. The van der Waals surface area contributed by atoms with Crippen LogP contribution >= 0.6 is 11.6 Å². The number of benzene rings is 1. The molecule has 1 rings (SSSR count). The van der Waals surface area contributed by atoms with Gasteiger partial charge in [-0.15, -0.1) is 0 Å². The van der Waals surface area contributed by atoms with Crippen molar-refractivity contribution in [1.82, 2.24) is 4.90 Å². The van der Waals surface area contributed by atoms with Gasteiger partial charge in [-0.3, -0.25) is 19.8 Å². The van der Waals surface area contributed by atoms with Crippen LogP contribution in [-0.2, 0) is 4.79 Å². The van der Waals surface area contributed by atoms with Crippen molar-refractivity contribution in [1.29, 1.82) is 5.26 Å². The number of nitrogens with one attached hydrogen (secondary N) is 1. The summed E-state index contributed by atoms with van der Waals surface area (Å²) in [5.41, 5.74) is -0.426. The van der Waals surface area contributed by atoms with Gasteiger partial charge in [0.05, 0.1) is 35.4 Å². The van der Waals surface area contributed by atoms with Crippen LogP contribution in [0.25, 0.3) is 0 Å². The van der Waals surface area contributed by atoms with Crippen molar-refractivity contribution in [2.75, 3.05) is 32.1 Å². The predicted molar refractivity (Wildman–Crippen MR) is 76.0 cm³/mol. The topological polar surface area (TPSA) is 120 Å². The molecule has 0 aliphatic rings. The van der Waals surface area contributed by atoms with Crippen LogP contribution in [0.1, 0.15) is 5.56 Å². The highest BCUT2D eigenvalue weighted by Crippen LogP contribution is 2.33. The molecule has 0 aromatic heterocycles. The summed E-state index contributed by atoms with van der Waals surface area (Å²) in [6.07, 6.45) is 0. The van der Waals surface area contributed by atoms with Crippen molar-refractivity contribution in [2.24, 2.45) is 0 Å². The third kappa shape index (κ3) is 4.68. The number of amides is 1. The molecule has 0 saturated carbocycles. The van der Waals surface area contributed by atoms with Crippen LogP contribution in [0.15, 0.2) is 12.1 Å². The van der Waals surface area contributed by atoms with Gasteiger partial charge < -0.3 is 10.4 Å². The summed E-state index contributed by atoms with van der Waals surface area (Å²) in [5.74, 6) is -0.461. The molecule has 2 N–H and O–H groups in total. The predicted octanol–water partition coefficient (Wildman–Crippen LogP) is 0.982. The summed E-state index contributed by atoms with van der Waals surface area (Å²) in [7, 11) is 1.63. The molecule has 0 aliphatic carbocycles. The van der Waals surface area contributed by atoms with E-state index in [4.69, 9.17) is 22.0 Å². The van der Waals surface area contributed by atoms with Gasteiger partial charge in [0.1, 0.15) is 5.02 Å². The molecular formula is C12H13ClN4O4. The molecule has 0 heterocycles. The van der Waals surface area contributed by atoms with Crippen molar-refractivity contribution in [2.45, 2.75) is 0 Å². The van der Waals surface area contributed by atoms with Crippen LogP contribution in [0, 0.1) is 21.4 Å². The Bertz CT molecular complexity index is 600. The molecule has 0 bridgehead atoms. The number of anilines is 1. The van der Waals surface area contributed by atoms with Crippen LogP contribution in [0.3, 0.4) is 0 Å². The Kier molecular flexibility index (Phi) is 6.05. The number of nitrogens with zero attached hydrogens (tertiary/aromatic N) is 3. The standard InChI is InChI=1S/C12H13ClN4O4/c1-16(2-3-18)7-11(19)15-9-4-8(6-14)5-10(12(9)13)17(20)21/h4-5,18H,2-3,7H2,1H3,(H,15,19). The molecule has 1 aromatic rings. The normalized spacial score (nSPS) is 10.2. The van der Waals surface area contributed by atoms with E-state index in [2.05, 4.69) is 5.32 Å². The zero-order valence-electron chi connectivity index (χ0n) is 11.2. The second kappa shape index (κ2) is 7.54. The molecule has 21 heavy (non-hydrogen) atoms. The van der Waals surface area contributed by atoms with Crippen molar-refractivity contribution < 1.29 is 14.8 Å². The minimum Gasteiger partial charge on any atom is -0.395 e. The van der Waals surface area contributed by atoms with E-state index >= 15 is 0 Å². The maximum atomic E-state index is 11.8. The number of nitro benzene ring substituents is 1. The Morgan fingerprint density at radius 3 is 2.81 bits per heavy atom. The first-order chi connectivity index (χ1) is 9.88. The lowest BCUT2D eigenvalue weighted by atomic mass is 10.2. The quantitative estimate of drug-likeness (QED) is 0.597. The molecule has 0 atom stereocenters. The molecule has 0 unspecified atom stereocenters. The first-order valence-corrected chi connectivity index (χ1v) is 6.24. The number of hydrogen-bond acceptors (Lipinski definition) is 6. The van der Waals surface area contributed by atoms with E-state index in [1.165, 1.54) is 6.07 Å². The van der Waals surface area contributed by atoms with Gasteiger partial charge in [0, 0.05) is 12.6 Å². The van der Waals surface area contributed by atoms with E-state index in [0.717, 1.165) is 6.07 Å². The number of aliphatic hydroxyl groups is 1. The summed E-state index contributed by atoms with van der Waals surface area (Å²) in [6, 6.07) is 4.07. The number of aliphatic hydroxyl groups excluding tert-OH is 1. The molecule has 0 aliphatic heterocycles. The Hall–Kier alpha value is -2.21. The van der Waals surface area contributed by atoms with Gasteiger partial charge in [0.2, 0.25) is 5.91 Å².